The average molecular weight is 232 g/mol. The van der Waals surface area contributed by atoms with Crippen LogP contribution in [0.5, 0.6) is 5.75 Å². The van der Waals surface area contributed by atoms with Crippen molar-refractivity contribution in [1.82, 2.24) is 4.57 Å². The van der Waals surface area contributed by atoms with Gasteiger partial charge >= 0.3 is 0 Å². The van der Waals surface area contributed by atoms with E-state index in [9.17, 15) is 0 Å². The van der Waals surface area contributed by atoms with Gasteiger partial charge in [0.1, 0.15) is 5.75 Å². The summed E-state index contributed by atoms with van der Waals surface area (Å²) in [5.41, 5.74) is 9.52. The lowest BCUT2D eigenvalue weighted by molar-refractivity contribution is 0.418. The van der Waals surface area contributed by atoms with E-state index in [2.05, 4.69) is 37.7 Å². The predicted octanol–water partition coefficient (Wildman–Crippen LogP) is 2.56. The molecule has 2 aromatic rings. The lowest BCUT2D eigenvalue weighted by Gasteiger charge is -2.10. The Balaban J connectivity index is 2.81. The summed E-state index contributed by atoms with van der Waals surface area (Å²) >= 11 is 0. The van der Waals surface area contributed by atoms with Gasteiger partial charge in [-0.3, -0.25) is 0 Å². The Kier molecular flexibility index (Phi) is 3.11. The number of ether oxygens (including phenoxy) is 1. The lowest BCUT2D eigenvalue weighted by Crippen LogP contribution is -2.08. The molecule has 0 radical (unpaired) electrons. The molecule has 92 valence electrons. The second-order valence-corrected chi connectivity index (χ2v) is 4.64. The fourth-order valence-corrected chi connectivity index (χ4v) is 2.39. The van der Waals surface area contributed by atoms with Crippen LogP contribution >= 0.6 is 0 Å². The maximum absolute atomic E-state index is 5.78. The topological polar surface area (TPSA) is 40.2 Å². The number of aromatic nitrogens is 1. The van der Waals surface area contributed by atoms with Crippen molar-refractivity contribution in [3.05, 3.63) is 29.5 Å². The van der Waals surface area contributed by atoms with Gasteiger partial charge in [0, 0.05) is 18.6 Å². The lowest BCUT2D eigenvalue weighted by atomic mass is 9.98. The third kappa shape index (κ3) is 1.80. The highest BCUT2D eigenvalue weighted by molar-refractivity contribution is 5.92. The van der Waals surface area contributed by atoms with E-state index in [1.807, 2.05) is 6.07 Å². The van der Waals surface area contributed by atoms with Crippen LogP contribution in [0, 0.1) is 6.92 Å². The molecule has 3 nitrogen and oxygen atoms in total. The molecule has 1 heterocycles. The van der Waals surface area contributed by atoms with Crippen molar-refractivity contribution in [2.75, 3.05) is 13.7 Å². The van der Waals surface area contributed by atoms with Gasteiger partial charge in [-0.2, -0.15) is 0 Å². The Hall–Kier alpha value is -1.48. The van der Waals surface area contributed by atoms with Crippen LogP contribution in [0.4, 0.5) is 0 Å². The van der Waals surface area contributed by atoms with E-state index in [4.69, 9.17) is 10.5 Å². The van der Waals surface area contributed by atoms with Gasteiger partial charge in [0.15, 0.2) is 0 Å². The molecule has 0 bridgehead atoms. The summed E-state index contributed by atoms with van der Waals surface area (Å²) in [4.78, 5) is 0. The number of aryl methyl sites for hydroxylation is 2. The molecule has 2 N–H and O–H groups in total. The van der Waals surface area contributed by atoms with E-state index in [0.717, 1.165) is 11.3 Å². The molecule has 0 aliphatic rings. The largest absolute Gasteiger partial charge is 0.495 e. The molecular weight excluding hydrogens is 212 g/mol. The summed E-state index contributed by atoms with van der Waals surface area (Å²) in [7, 11) is 3.76. The van der Waals surface area contributed by atoms with Crippen LogP contribution in [-0.2, 0) is 7.05 Å². The SMILES string of the molecule is COc1ccc(C)c2c(C(C)CN)cn(C)c12. The number of benzene rings is 1. The summed E-state index contributed by atoms with van der Waals surface area (Å²) < 4.78 is 7.57. The Morgan fingerprint density at radius 1 is 1.41 bits per heavy atom. The van der Waals surface area contributed by atoms with E-state index >= 15 is 0 Å². The van der Waals surface area contributed by atoms with Crippen molar-refractivity contribution in [2.24, 2.45) is 12.8 Å². The third-order valence-corrected chi connectivity index (χ3v) is 3.43. The van der Waals surface area contributed by atoms with Gasteiger partial charge in [-0.15, -0.1) is 0 Å². The van der Waals surface area contributed by atoms with E-state index in [1.165, 1.54) is 16.5 Å². The standard InChI is InChI=1S/C14H20N2O/c1-9-5-6-12(17-4)14-13(9)11(8-16(14)3)10(2)7-15/h5-6,8,10H,7,15H2,1-4H3. The summed E-state index contributed by atoms with van der Waals surface area (Å²) in [6.07, 6.45) is 2.16. The van der Waals surface area contributed by atoms with Crippen molar-refractivity contribution in [1.29, 1.82) is 0 Å². The maximum Gasteiger partial charge on any atom is 0.143 e. The highest BCUT2D eigenvalue weighted by atomic mass is 16.5. The smallest absolute Gasteiger partial charge is 0.143 e. The maximum atomic E-state index is 5.78. The van der Waals surface area contributed by atoms with Crippen LogP contribution in [0.25, 0.3) is 10.9 Å². The Labute approximate surface area is 102 Å². The zero-order valence-electron chi connectivity index (χ0n) is 10.9. The molecule has 2 rings (SSSR count). The van der Waals surface area contributed by atoms with Gasteiger partial charge < -0.3 is 15.0 Å². The van der Waals surface area contributed by atoms with Crippen molar-refractivity contribution >= 4 is 10.9 Å². The summed E-state index contributed by atoms with van der Waals surface area (Å²) in [5, 5.41) is 1.28. The minimum Gasteiger partial charge on any atom is -0.495 e. The van der Waals surface area contributed by atoms with Gasteiger partial charge in [0.25, 0.3) is 0 Å². The van der Waals surface area contributed by atoms with E-state index < -0.39 is 0 Å². The molecule has 1 atom stereocenters. The molecule has 0 aliphatic heterocycles. The molecule has 0 fully saturated rings. The number of hydrogen-bond donors (Lipinski definition) is 1. The predicted molar refractivity (Wildman–Crippen MR) is 71.7 cm³/mol. The Morgan fingerprint density at radius 2 is 2.12 bits per heavy atom. The van der Waals surface area contributed by atoms with Gasteiger partial charge in [0.2, 0.25) is 0 Å². The molecule has 3 heteroatoms. The van der Waals surface area contributed by atoms with Crippen molar-refractivity contribution in [2.45, 2.75) is 19.8 Å². The number of methoxy groups -OCH3 is 1. The number of hydrogen-bond acceptors (Lipinski definition) is 2. The second kappa shape index (κ2) is 4.41. The highest BCUT2D eigenvalue weighted by Gasteiger charge is 2.16. The van der Waals surface area contributed by atoms with Crippen LogP contribution < -0.4 is 10.5 Å². The number of nitrogens with zero attached hydrogens (tertiary/aromatic N) is 1. The van der Waals surface area contributed by atoms with Crippen molar-refractivity contribution in [3.8, 4) is 5.75 Å². The molecular formula is C14H20N2O. The fraction of sp³-hybridized carbons (Fsp3) is 0.429. The molecule has 0 saturated heterocycles. The van der Waals surface area contributed by atoms with Gasteiger partial charge in [-0.05, 0) is 36.6 Å². The quantitative estimate of drug-likeness (QED) is 0.883. The van der Waals surface area contributed by atoms with Crippen LogP contribution in [0.2, 0.25) is 0 Å². The molecule has 0 spiro atoms. The third-order valence-electron chi connectivity index (χ3n) is 3.43. The summed E-state index contributed by atoms with van der Waals surface area (Å²) in [6, 6.07) is 4.13. The van der Waals surface area contributed by atoms with Crippen LogP contribution in [-0.4, -0.2) is 18.2 Å². The highest BCUT2D eigenvalue weighted by Crippen LogP contribution is 2.34. The first kappa shape index (κ1) is 12.0. The fourth-order valence-electron chi connectivity index (χ4n) is 2.39. The summed E-state index contributed by atoms with van der Waals surface area (Å²) in [5.74, 6) is 1.29. The first-order valence-corrected chi connectivity index (χ1v) is 5.92. The zero-order valence-corrected chi connectivity index (χ0v) is 10.9. The Morgan fingerprint density at radius 3 is 2.71 bits per heavy atom. The molecule has 0 saturated carbocycles. The Bertz CT molecular complexity index is 543. The average Bonchev–Trinajstić information content (AvgIpc) is 2.68. The molecule has 1 aromatic carbocycles. The minimum absolute atomic E-state index is 0.365. The van der Waals surface area contributed by atoms with Gasteiger partial charge in [-0.25, -0.2) is 0 Å². The van der Waals surface area contributed by atoms with E-state index in [-0.39, 0.29) is 0 Å². The second-order valence-electron chi connectivity index (χ2n) is 4.64. The normalized spacial score (nSPS) is 13.0. The first-order valence-electron chi connectivity index (χ1n) is 5.92. The van der Waals surface area contributed by atoms with E-state index in [0.29, 0.717) is 12.5 Å². The van der Waals surface area contributed by atoms with E-state index in [1.54, 1.807) is 7.11 Å². The van der Waals surface area contributed by atoms with Gasteiger partial charge in [0.05, 0.1) is 12.6 Å². The monoisotopic (exact) mass is 232 g/mol. The minimum atomic E-state index is 0.365. The number of rotatable bonds is 3. The van der Waals surface area contributed by atoms with Gasteiger partial charge in [-0.1, -0.05) is 13.0 Å². The number of fused-ring (bicyclic) bond motifs is 1. The zero-order chi connectivity index (χ0) is 12.6. The van der Waals surface area contributed by atoms with Crippen LogP contribution in [0.1, 0.15) is 24.0 Å². The van der Waals surface area contributed by atoms with Crippen LogP contribution in [0.15, 0.2) is 18.3 Å². The molecule has 17 heavy (non-hydrogen) atoms. The van der Waals surface area contributed by atoms with Crippen molar-refractivity contribution in [3.63, 3.8) is 0 Å². The van der Waals surface area contributed by atoms with Crippen LogP contribution in [0.3, 0.4) is 0 Å². The molecule has 1 unspecified atom stereocenters. The number of nitrogens with two attached hydrogens (primary N) is 1. The van der Waals surface area contributed by atoms with Crippen molar-refractivity contribution < 1.29 is 4.74 Å². The molecule has 1 aromatic heterocycles. The first-order chi connectivity index (χ1) is 8.10. The summed E-state index contributed by atoms with van der Waals surface area (Å²) in [6.45, 7) is 4.96. The molecule has 0 aliphatic carbocycles. The molecule has 0 amide bonds.